The summed E-state index contributed by atoms with van der Waals surface area (Å²) in [4.78, 5) is 20.9. The third kappa shape index (κ3) is 5.03. The molecule has 0 radical (unpaired) electrons. The zero-order valence-electron chi connectivity index (χ0n) is 15.3. The second-order valence-corrected chi connectivity index (χ2v) is 7.19. The van der Waals surface area contributed by atoms with Gasteiger partial charge in [-0.3, -0.25) is 9.78 Å². The molecule has 2 N–H and O–H groups in total. The quantitative estimate of drug-likeness (QED) is 0.459. The first-order chi connectivity index (χ1) is 14.2. The SMILES string of the molecule is O=C(Cc1ccc(F)cc1)Nc1cccc(Nc2nc(-c3ccncc3)cs2)c1. The number of thiazole rings is 1. The van der Waals surface area contributed by atoms with Crippen molar-refractivity contribution in [3.8, 4) is 11.3 Å². The van der Waals surface area contributed by atoms with Gasteiger partial charge in [0, 0.05) is 34.7 Å². The Labute approximate surface area is 171 Å². The van der Waals surface area contributed by atoms with Crippen molar-refractivity contribution in [2.75, 3.05) is 10.6 Å². The third-order valence-electron chi connectivity index (χ3n) is 4.16. The lowest BCUT2D eigenvalue weighted by atomic mass is 10.1. The van der Waals surface area contributed by atoms with Crippen molar-refractivity contribution in [2.24, 2.45) is 0 Å². The van der Waals surface area contributed by atoms with E-state index in [-0.39, 0.29) is 18.1 Å². The van der Waals surface area contributed by atoms with Crippen LogP contribution in [0.25, 0.3) is 11.3 Å². The van der Waals surface area contributed by atoms with Crippen LogP contribution in [0.2, 0.25) is 0 Å². The van der Waals surface area contributed by atoms with Crippen molar-refractivity contribution in [1.82, 2.24) is 9.97 Å². The van der Waals surface area contributed by atoms with E-state index < -0.39 is 0 Å². The first-order valence-corrected chi connectivity index (χ1v) is 9.81. The number of amides is 1. The average molecular weight is 404 g/mol. The predicted octanol–water partition coefficient (Wildman–Crippen LogP) is 5.27. The van der Waals surface area contributed by atoms with Gasteiger partial charge in [-0.05, 0) is 48.0 Å². The van der Waals surface area contributed by atoms with E-state index in [4.69, 9.17) is 0 Å². The van der Waals surface area contributed by atoms with Crippen molar-refractivity contribution < 1.29 is 9.18 Å². The van der Waals surface area contributed by atoms with E-state index >= 15 is 0 Å². The van der Waals surface area contributed by atoms with Crippen molar-refractivity contribution in [3.05, 3.63) is 89.8 Å². The molecule has 0 fully saturated rings. The van der Waals surface area contributed by atoms with Gasteiger partial charge in [0.05, 0.1) is 12.1 Å². The number of halogens is 1. The minimum absolute atomic E-state index is 0.164. The summed E-state index contributed by atoms with van der Waals surface area (Å²) in [6.07, 6.45) is 3.65. The van der Waals surface area contributed by atoms with E-state index in [0.717, 1.165) is 27.6 Å². The van der Waals surface area contributed by atoms with Gasteiger partial charge in [-0.2, -0.15) is 0 Å². The molecular weight excluding hydrogens is 387 g/mol. The van der Waals surface area contributed by atoms with Gasteiger partial charge in [0.25, 0.3) is 0 Å². The smallest absolute Gasteiger partial charge is 0.228 e. The highest BCUT2D eigenvalue weighted by Crippen LogP contribution is 2.27. The highest BCUT2D eigenvalue weighted by molar-refractivity contribution is 7.14. The highest BCUT2D eigenvalue weighted by atomic mass is 32.1. The molecule has 0 spiro atoms. The van der Waals surface area contributed by atoms with Crippen molar-refractivity contribution >= 4 is 33.8 Å². The van der Waals surface area contributed by atoms with Gasteiger partial charge in [-0.1, -0.05) is 18.2 Å². The molecule has 0 aliphatic rings. The number of carbonyl (C=O) groups is 1. The molecule has 0 saturated heterocycles. The van der Waals surface area contributed by atoms with Gasteiger partial charge in [-0.25, -0.2) is 9.37 Å². The molecule has 2 heterocycles. The van der Waals surface area contributed by atoms with Gasteiger partial charge in [0.1, 0.15) is 5.82 Å². The Bertz CT molecular complexity index is 1110. The molecule has 1 amide bonds. The second-order valence-electron chi connectivity index (χ2n) is 6.33. The maximum atomic E-state index is 13.0. The summed E-state index contributed by atoms with van der Waals surface area (Å²) in [6.45, 7) is 0. The molecule has 0 unspecified atom stereocenters. The molecule has 4 rings (SSSR count). The molecule has 0 saturated carbocycles. The van der Waals surface area contributed by atoms with Crippen LogP contribution in [0.1, 0.15) is 5.56 Å². The molecular formula is C22H17FN4OS. The van der Waals surface area contributed by atoms with Gasteiger partial charge in [-0.15, -0.1) is 11.3 Å². The lowest BCUT2D eigenvalue weighted by Gasteiger charge is -2.08. The number of rotatable bonds is 6. The standard InChI is InChI=1S/C22H17FN4OS/c23-17-6-4-15(5-7-17)12-21(28)25-18-2-1-3-19(13-18)26-22-27-20(14-29-22)16-8-10-24-11-9-16/h1-11,13-14H,12H2,(H,25,28)(H,26,27). The molecule has 144 valence electrons. The fourth-order valence-electron chi connectivity index (χ4n) is 2.78. The number of nitrogens with zero attached hydrogens (tertiary/aromatic N) is 2. The van der Waals surface area contributed by atoms with Gasteiger partial charge < -0.3 is 10.6 Å². The first-order valence-electron chi connectivity index (χ1n) is 8.93. The Hall–Kier alpha value is -3.58. The van der Waals surface area contributed by atoms with E-state index in [9.17, 15) is 9.18 Å². The van der Waals surface area contributed by atoms with Crippen molar-refractivity contribution in [3.63, 3.8) is 0 Å². The van der Waals surface area contributed by atoms with Crippen LogP contribution in [0.15, 0.2) is 78.4 Å². The maximum Gasteiger partial charge on any atom is 0.228 e. The van der Waals surface area contributed by atoms with Gasteiger partial charge >= 0.3 is 0 Å². The summed E-state index contributed by atoms with van der Waals surface area (Å²) in [5.74, 6) is -0.481. The molecule has 0 atom stereocenters. The van der Waals surface area contributed by atoms with Gasteiger partial charge in [0.2, 0.25) is 5.91 Å². The molecule has 0 aliphatic carbocycles. The normalized spacial score (nSPS) is 10.5. The van der Waals surface area contributed by atoms with E-state index in [1.54, 1.807) is 24.5 Å². The molecule has 4 aromatic rings. The van der Waals surface area contributed by atoms with Crippen LogP contribution in [0.5, 0.6) is 0 Å². The average Bonchev–Trinajstić information content (AvgIpc) is 3.19. The Balaban J connectivity index is 1.40. The lowest BCUT2D eigenvalue weighted by molar-refractivity contribution is -0.115. The fraction of sp³-hybridized carbons (Fsp3) is 0.0455. The maximum absolute atomic E-state index is 13.0. The summed E-state index contributed by atoms with van der Waals surface area (Å²) < 4.78 is 13.0. The number of anilines is 3. The fourth-order valence-corrected chi connectivity index (χ4v) is 3.52. The Morgan fingerprint density at radius 1 is 1.00 bits per heavy atom. The number of pyridine rings is 1. The minimum atomic E-state index is -0.317. The van der Waals surface area contributed by atoms with E-state index in [1.165, 1.54) is 23.5 Å². The van der Waals surface area contributed by atoms with Crippen LogP contribution in [-0.2, 0) is 11.2 Å². The molecule has 7 heteroatoms. The van der Waals surface area contributed by atoms with Crippen LogP contribution >= 0.6 is 11.3 Å². The van der Waals surface area contributed by atoms with Crippen molar-refractivity contribution in [2.45, 2.75) is 6.42 Å². The molecule has 0 aliphatic heterocycles. The van der Waals surface area contributed by atoms with Crippen LogP contribution in [0.3, 0.4) is 0 Å². The topological polar surface area (TPSA) is 66.9 Å². The number of hydrogen-bond acceptors (Lipinski definition) is 5. The predicted molar refractivity (Wildman–Crippen MR) is 114 cm³/mol. The molecule has 29 heavy (non-hydrogen) atoms. The zero-order valence-corrected chi connectivity index (χ0v) is 16.1. The molecule has 5 nitrogen and oxygen atoms in total. The summed E-state index contributed by atoms with van der Waals surface area (Å²) in [7, 11) is 0. The molecule has 2 aromatic carbocycles. The number of nitrogens with one attached hydrogen (secondary N) is 2. The van der Waals surface area contributed by atoms with E-state index in [2.05, 4.69) is 20.6 Å². The second kappa shape index (κ2) is 8.62. The highest BCUT2D eigenvalue weighted by Gasteiger charge is 2.07. The summed E-state index contributed by atoms with van der Waals surface area (Å²) in [5.41, 5.74) is 4.13. The zero-order chi connectivity index (χ0) is 20.1. The summed E-state index contributed by atoms with van der Waals surface area (Å²) in [6, 6.07) is 17.2. The van der Waals surface area contributed by atoms with Crippen LogP contribution in [-0.4, -0.2) is 15.9 Å². The summed E-state index contributed by atoms with van der Waals surface area (Å²) in [5, 5.41) is 8.86. The van der Waals surface area contributed by atoms with Crippen molar-refractivity contribution in [1.29, 1.82) is 0 Å². The number of benzene rings is 2. The Morgan fingerprint density at radius 2 is 1.76 bits per heavy atom. The van der Waals surface area contributed by atoms with Crippen LogP contribution in [0.4, 0.5) is 20.9 Å². The molecule has 2 aromatic heterocycles. The summed E-state index contributed by atoms with van der Waals surface area (Å²) >= 11 is 1.50. The third-order valence-corrected chi connectivity index (χ3v) is 4.91. The number of aromatic nitrogens is 2. The van der Waals surface area contributed by atoms with E-state index in [1.807, 2.05) is 41.8 Å². The number of carbonyl (C=O) groups excluding carboxylic acids is 1. The van der Waals surface area contributed by atoms with Crippen LogP contribution in [0, 0.1) is 5.82 Å². The monoisotopic (exact) mass is 404 g/mol. The first kappa shape index (κ1) is 18.8. The Kier molecular flexibility index (Phi) is 5.58. The van der Waals surface area contributed by atoms with Gasteiger partial charge in [0.15, 0.2) is 5.13 Å². The Morgan fingerprint density at radius 3 is 2.55 bits per heavy atom. The largest absolute Gasteiger partial charge is 0.331 e. The molecule has 0 bridgehead atoms. The minimum Gasteiger partial charge on any atom is -0.331 e. The van der Waals surface area contributed by atoms with Crippen LogP contribution < -0.4 is 10.6 Å². The number of hydrogen-bond donors (Lipinski definition) is 2. The van der Waals surface area contributed by atoms with E-state index in [0.29, 0.717) is 5.69 Å². The lowest BCUT2D eigenvalue weighted by Crippen LogP contribution is -2.14.